The number of fused-ring (bicyclic) bond motifs is 3. The minimum atomic E-state index is -6.16. The van der Waals surface area contributed by atoms with Crippen LogP contribution in [0, 0.1) is 13.8 Å². The summed E-state index contributed by atoms with van der Waals surface area (Å²) in [6.07, 6.45) is 0. The van der Waals surface area contributed by atoms with Crippen LogP contribution in [0.5, 0.6) is 57.5 Å². The molecule has 5 atom stereocenters. The molecule has 0 aliphatic carbocycles. The van der Waals surface area contributed by atoms with Crippen molar-refractivity contribution < 1.29 is 106 Å². The molecular formula is C104H126F3N3O20SSi3. The molecule has 0 spiro atoms. The predicted molar refractivity (Wildman–Crippen MR) is 521 cm³/mol. The van der Waals surface area contributed by atoms with Gasteiger partial charge in [-0.15, -0.1) is 0 Å². The van der Waals surface area contributed by atoms with Crippen molar-refractivity contribution in [2.45, 2.75) is 166 Å². The van der Waals surface area contributed by atoms with Crippen LogP contribution in [0.4, 0.5) is 13.2 Å². The first-order valence-electron chi connectivity index (χ1n) is 44.4. The molecule has 3 heterocycles. The highest BCUT2D eigenvalue weighted by Gasteiger charge is 2.55. The molecule has 23 nitrogen and oxygen atoms in total. The summed E-state index contributed by atoms with van der Waals surface area (Å²) >= 11 is 0. The minimum Gasteiger partial charge on any atom is -0.467 e. The van der Waals surface area contributed by atoms with Gasteiger partial charge in [0.1, 0.15) is 11.5 Å². The Labute approximate surface area is 789 Å². The summed E-state index contributed by atoms with van der Waals surface area (Å²) in [5.41, 5.74) is 3.86. The minimum absolute atomic E-state index is 0.0622. The summed E-state index contributed by atoms with van der Waals surface area (Å²) in [5.74, 6) is 2.12. The Morgan fingerprint density at radius 2 is 0.627 bits per heavy atom. The molecule has 134 heavy (non-hydrogen) atoms. The van der Waals surface area contributed by atoms with Gasteiger partial charge in [0.2, 0.25) is 31.9 Å². The van der Waals surface area contributed by atoms with E-state index in [1.807, 2.05) is 185 Å². The second-order valence-corrected chi connectivity index (χ2v) is 51.7. The predicted octanol–water partition coefficient (Wildman–Crippen LogP) is 17.1. The third-order valence-electron chi connectivity index (χ3n) is 24.0. The van der Waals surface area contributed by atoms with Crippen molar-refractivity contribution in [3.05, 3.63) is 300 Å². The zero-order valence-electron chi connectivity index (χ0n) is 79.4. The van der Waals surface area contributed by atoms with E-state index in [1.54, 1.807) is 28.1 Å². The van der Waals surface area contributed by atoms with E-state index in [0.29, 0.717) is 41.1 Å². The Kier molecular flexibility index (Phi) is 33.3. The molecule has 3 unspecified atom stereocenters. The average molecular weight is 1910 g/mol. The number of benzene rings is 11. The van der Waals surface area contributed by atoms with E-state index in [4.69, 9.17) is 75.9 Å². The lowest BCUT2D eigenvalue weighted by Gasteiger charge is -2.44. The molecule has 3 aliphatic heterocycles. The highest BCUT2D eigenvalue weighted by molar-refractivity contribution is 7.88. The number of alkyl halides is 3. The molecule has 0 saturated heterocycles. The van der Waals surface area contributed by atoms with Gasteiger partial charge >= 0.3 is 15.6 Å². The number of nitrogens with two attached hydrogens (primary N) is 1. The second kappa shape index (κ2) is 43.6. The number of ether oxygens (including phenoxy) is 12. The number of rotatable bonds is 37. The van der Waals surface area contributed by atoms with Crippen LogP contribution in [0.25, 0.3) is 0 Å². The molecule has 11 aromatic carbocycles. The number of nitrogens with one attached hydrogen (secondary N) is 2. The number of halogens is 3. The van der Waals surface area contributed by atoms with Crippen molar-refractivity contribution in [1.29, 1.82) is 0 Å². The lowest BCUT2D eigenvalue weighted by atomic mass is 9.90. The third kappa shape index (κ3) is 22.7. The Balaban J connectivity index is 0.000000185. The average Bonchev–Trinajstić information content (AvgIpc) is 0.888. The second-order valence-electron chi connectivity index (χ2n) is 37.3. The largest absolute Gasteiger partial charge is 0.534 e. The maximum Gasteiger partial charge on any atom is 0.534 e. The molecule has 716 valence electrons. The van der Waals surface area contributed by atoms with Crippen LogP contribution in [0.15, 0.2) is 261 Å². The van der Waals surface area contributed by atoms with Crippen molar-refractivity contribution in [3.63, 3.8) is 0 Å². The van der Waals surface area contributed by atoms with Crippen molar-refractivity contribution in [2.24, 2.45) is 5.73 Å². The standard InChI is InChI=1S/C38H44F3NO9SSi.C38H47NO6Si.C28H35NO5Si/c1-36(2,3)53(27-18-12-8-13-19-27,28-20-14-9-15-21-28)50-23-30(42-35(37(4,5)43)26-16-10-7-11-17-26)29-22-31(47-24-46-6)33(34-32(29)48-25-49-34)51-52(44,45)38(39,40)41;1-27-33(42-25-41-7)23-31(35-34(27)43-26-44-35)32(39-36(38(5,6)40)28-17-11-8-12-18-28)24-45-46(37(2,3)4,29-19-13-9-14-20-29)30-21-15-10-16-22-30;1-20-25(31-18-30-5)16-23(27-26(20)32-19-33-27)24(29)17-34-35(28(2,3)4,21-12-8-6-9-13-21)22-14-10-7-11-15-22/h7-22,30,35,42-43H,23-25H2,1-6H3;8-23,32,36,39-40H,24-26H2,1-7H3;6-16,24H,17-19,29H2,1-5H3/t30?,35-;32?,36-;/m11./s1. The van der Waals surface area contributed by atoms with E-state index in [2.05, 4.69) is 174 Å². The fraction of sp³-hybridized carbons (Fsp3) is 0.365. The summed E-state index contributed by atoms with van der Waals surface area (Å²) in [5, 5.41) is 36.5. The van der Waals surface area contributed by atoms with Crippen LogP contribution < -0.4 is 94.3 Å². The van der Waals surface area contributed by atoms with E-state index in [0.717, 1.165) is 43.8 Å². The first-order valence-corrected chi connectivity index (χ1v) is 51.6. The Morgan fingerprint density at radius 3 is 0.918 bits per heavy atom. The Bertz CT molecular complexity index is 5630. The number of aliphatic hydroxyl groups is 2. The molecule has 6 N–H and O–H groups in total. The molecule has 0 amide bonds. The summed E-state index contributed by atoms with van der Waals surface area (Å²) in [4.78, 5) is 0. The van der Waals surface area contributed by atoms with Gasteiger partial charge in [0.15, 0.2) is 54.9 Å². The Hall–Kier alpha value is -10.6. The topological polar surface area (TPSA) is 272 Å². The fourth-order valence-corrected chi connectivity index (χ4v) is 32.0. The van der Waals surface area contributed by atoms with Gasteiger partial charge in [0.25, 0.3) is 25.0 Å². The first-order chi connectivity index (χ1) is 63.7. The summed E-state index contributed by atoms with van der Waals surface area (Å²) in [7, 11) is -10.5. The number of hydrogen-bond donors (Lipinski definition) is 5. The highest BCUT2D eigenvalue weighted by Crippen LogP contribution is 2.55. The monoisotopic (exact) mass is 1910 g/mol. The van der Waals surface area contributed by atoms with Crippen LogP contribution in [0.3, 0.4) is 0 Å². The fourth-order valence-electron chi connectivity index (χ4n) is 17.8. The molecule has 30 heteroatoms. The SMILES string of the molecule is COCOc1cc(C(CO[Si](c2ccccc2)(c2ccccc2)C(C)(C)C)N[C@H](c2ccccc2)C(C)(C)O)c2c(c1C)OCO2.COCOc1cc(C(CO[Si](c2ccccc2)(c2ccccc2)C(C)(C)C)N[C@H](c2ccccc2)C(C)(C)O)c2c(c1OS(=O)(=O)C(F)(F)F)OCO2.COCOc1cc(C(N)CO[Si](c2ccccc2)(c2ccccc2)C(C)(C)C)c2c(c1C)OCO2. The van der Waals surface area contributed by atoms with Gasteiger partial charge in [-0.2, -0.15) is 21.6 Å². The van der Waals surface area contributed by atoms with Gasteiger partial charge in [0.05, 0.1) is 61.2 Å². The van der Waals surface area contributed by atoms with Gasteiger partial charge in [-0.1, -0.05) is 305 Å². The van der Waals surface area contributed by atoms with Gasteiger partial charge in [-0.3, -0.25) is 10.6 Å². The molecule has 14 rings (SSSR count). The smallest absolute Gasteiger partial charge is 0.467 e. The zero-order chi connectivity index (χ0) is 96.7. The third-order valence-corrected chi connectivity index (χ3v) is 40.0. The highest BCUT2D eigenvalue weighted by atomic mass is 32.2. The first kappa shape index (κ1) is 102. The number of hydrogen-bond acceptors (Lipinski definition) is 23. The summed E-state index contributed by atoms with van der Waals surface area (Å²) < 4.78 is 160. The molecule has 3 aliphatic rings. The van der Waals surface area contributed by atoms with Gasteiger partial charge in [-0.05, 0) is 117 Å². The Morgan fingerprint density at radius 1 is 0.373 bits per heavy atom. The van der Waals surface area contributed by atoms with Crippen molar-refractivity contribution in [3.8, 4) is 57.5 Å². The summed E-state index contributed by atoms with van der Waals surface area (Å²) in [6, 6.07) is 83.6. The molecule has 0 aromatic heterocycles. The van der Waals surface area contributed by atoms with Crippen molar-refractivity contribution in [2.75, 3.05) is 81.9 Å². The maximum absolute atomic E-state index is 13.6. The van der Waals surface area contributed by atoms with Gasteiger partial charge in [0, 0.05) is 49.1 Å². The normalized spacial score (nSPS) is 14.6. The molecule has 0 saturated carbocycles. The van der Waals surface area contributed by atoms with Crippen LogP contribution in [-0.4, -0.2) is 142 Å². The van der Waals surface area contributed by atoms with E-state index >= 15 is 0 Å². The van der Waals surface area contributed by atoms with E-state index in [9.17, 15) is 31.8 Å². The molecule has 0 radical (unpaired) electrons. The van der Waals surface area contributed by atoms with Crippen molar-refractivity contribution in [1.82, 2.24) is 10.6 Å². The molecule has 11 aromatic rings. The molecular weight excluding hydrogens is 1780 g/mol. The lowest BCUT2D eigenvalue weighted by Crippen LogP contribution is -2.67. The molecule has 0 fully saturated rings. The molecule has 0 bridgehead atoms. The van der Waals surface area contributed by atoms with E-state index in [-0.39, 0.29) is 61.8 Å². The zero-order valence-corrected chi connectivity index (χ0v) is 83.3. The van der Waals surface area contributed by atoms with E-state index < -0.39 is 118 Å². The van der Waals surface area contributed by atoms with Crippen LogP contribution in [0.1, 0.15) is 159 Å². The maximum atomic E-state index is 13.6. The van der Waals surface area contributed by atoms with Gasteiger partial charge in [-0.25, -0.2) is 0 Å². The van der Waals surface area contributed by atoms with Crippen molar-refractivity contribution >= 4 is 66.2 Å². The lowest BCUT2D eigenvalue weighted by molar-refractivity contribution is -0.0502. The van der Waals surface area contributed by atoms with Crippen LogP contribution in [0.2, 0.25) is 15.1 Å². The summed E-state index contributed by atoms with van der Waals surface area (Å²) in [6.45, 7) is 30.8. The van der Waals surface area contributed by atoms with Gasteiger partial charge < -0.3 is 90.3 Å². The van der Waals surface area contributed by atoms with E-state index in [1.165, 1.54) is 33.9 Å². The van der Waals surface area contributed by atoms with Crippen LogP contribution >= 0.6 is 0 Å². The number of methoxy groups -OCH3 is 3. The van der Waals surface area contributed by atoms with Crippen LogP contribution in [-0.2, 0) is 37.6 Å². The quantitative estimate of drug-likeness (QED) is 0.0105.